The molecule has 1 atom stereocenters. The molecule has 3 aromatic heterocycles. The van der Waals surface area contributed by atoms with Crippen LogP contribution in [0.1, 0.15) is 22.7 Å². The van der Waals surface area contributed by atoms with Crippen LogP contribution in [0.15, 0.2) is 156 Å². The summed E-state index contributed by atoms with van der Waals surface area (Å²) in [5.41, 5.74) is 11.7. The zero-order chi connectivity index (χ0) is 31.6. The summed E-state index contributed by atoms with van der Waals surface area (Å²) in [6.07, 6.45) is 5.59. The van der Waals surface area contributed by atoms with E-state index in [0.29, 0.717) is 11.7 Å². The van der Waals surface area contributed by atoms with E-state index < -0.39 is 0 Å². The van der Waals surface area contributed by atoms with Crippen LogP contribution in [0.3, 0.4) is 0 Å². The normalized spacial score (nSPS) is 14.3. The molecule has 0 aliphatic heterocycles. The van der Waals surface area contributed by atoms with Gasteiger partial charge in [0.2, 0.25) is 0 Å². The van der Waals surface area contributed by atoms with Crippen LogP contribution in [0.25, 0.3) is 78.2 Å². The first-order chi connectivity index (χ1) is 23.8. The molecule has 9 aromatic rings. The van der Waals surface area contributed by atoms with Crippen molar-refractivity contribution in [3.05, 3.63) is 168 Å². The highest BCUT2D eigenvalue weighted by molar-refractivity contribution is 6.09. The Hall–Kier alpha value is -6.26. The van der Waals surface area contributed by atoms with Crippen molar-refractivity contribution in [2.75, 3.05) is 0 Å². The van der Waals surface area contributed by atoms with Gasteiger partial charge in [0, 0.05) is 49.8 Å². The van der Waals surface area contributed by atoms with Gasteiger partial charge in [-0.2, -0.15) is 0 Å². The van der Waals surface area contributed by atoms with Crippen molar-refractivity contribution < 1.29 is 4.42 Å². The fraction of sp³-hybridized carbons (Fsp3) is 0.0455. The first kappa shape index (κ1) is 26.9. The molecule has 1 aliphatic carbocycles. The van der Waals surface area contributed by atoms with Gasteiger partial charge in [-0.1, -0.05) is 127 Å². The van der Waals surface area contributed by atoms with Crippen LogP contribution >= 0.6 is 0 Å². The maximum atomic E-state index is 6.87. The molecule has 6 aromatic carbocycles. The van der Waals surface area contributed by atoms with Crippen LogP contribution in [-0.4, -0.2) is 14.5 Å². The lowest BCUT2D eigenvalue weighted by atomic mass is 9.88. The van der Waals surface area contributed by atoms with Gasteiger partial charge < -0.3 is 8.98 Å². The van der Waals surface area contributed by atoms with Crippen LogP contribution < -0.4 is 0 Å². The quantitative estimate of drug-likeness (QED) is 0.198. The van der Waals surface area contributed by atoms with Crippen molar-refractivity contribution in [1.82, 2.24) is 14.5 Å². The molecule has 0 radical (unpaired) electrons. The van der Waals surface area contributed by atoms with Gasteiger partial charge in [0.05, 0.1) is 22.4 Å². The van der Waals surface area contributed by atoms with E-state index in [0.717, 1.165) is 61.8 Å². The molecule has 0 spiro atoms. The molecule has 226 valence electrons. The molecule has 1 unspecified atom stereocenters. The number of furan rings is 1. The topological polar surface area (TPSA) is 43.9 Å². The zero-order valence-electron chi connectivity index (χ0n) is 26.0. The molecule has 0 saturated carbocycles. The molecule has 3 heterocycles. The Morgan fingerprint density at radius 1 is 0.604 bits per heavy atom. The minimum absolute atomic E-state index is 0.308. The lowest BCUT2D eigenvalue weighted by molar-refractivity contribution is 0.664. The number of fused-ring (bicyclic) bond motifs is 7. The second-order valence-electron chi connectivity index (χ2n) is 12.5. The van der Waals surface area contributed by atoms with E-state index in [1.165, 1.54) is 27.7 Å². The second-order valence-corrected chi connectivity index (χ2v) is 12.5. The van der Waals surface area contributed by atoms with Gasteiger partial charge in [0.25, 0.3) is 0 Å². The molecule has 0 amide bonds. The molecule has 0 saturated heterocycles. The fourth-order valence-electron chi connectivity index (χ4n) is 7.52. The zero-order valence-corrected chi connectivity index (χ0v) is 26.0. The molecule has 4 heteroatoms. The maximum Gasteiger partial charge on any atom is 0.160 e. The van der Waals surface area contributed by atoms with Gasteiger partial charge in [0.1, 0.15) is 5.58 Å². The maximum absolute atomic E-state index is 6.87. The summed E-state index contributed by atoms with van der Waals surface area (Å²) >= 11 is 0. The highest BCUT2D eigenvalue weighted by Gasteiger charge is 2.25. The largest absolute Gasteiger partial charge is 0.454 e. The molecule has 4 nitrogen and oxygen atoms in total. The lowest BCUT2D eigenvalue weighted by Gasteiger charge is -2.20. The van der Waals surface area contributed by atoms with E-state index in [1.54, 1.807) is 0 Å². The highest BCUT2D eigenvalue weighted by atomic mass is 16.3. The van der Waals surface area contributed by atoms with Crippen LogP contribution in [-0.2, 0) is 6.42 Å². The smallest absolute Gasteiger partial charge is 0.160 e. The van der Waals surface area contributed by atoms with Crippen molar-refractivity contribution in [3.8, 4) is 28.3 Å². The Labute approximate surface area is 277 Å². The molecule has 0 fully saturated rings. The van der Waals surface area contributed by atoms with E-state index in [1.807, 2.05) is 30.3 Å². The average molecular weight is 616 g/mol. The summed E-state index contributed by atoms with van der Waals surface area (Å²) in [5.74, 6) is 1.02. The van der Waals surface area contributed by atoms with Gasteiger partial charge in [-0.25, -0.2) is 9.97 Å². The number of hydrogen-bond acceptors (Lipinski definition) is 3. The Bertz CT molecular complexity index is 2700. The van der Waals surface area contributed by atoms with Gasteiger partial charge in [-0.15, -0.1) is 0 Å². The summed E-state index contributed by atoms with van der Waals surface area (Å²) in [6, 6.07) is 50.9. The molecule has 0 bridgehead atoms. The van der Waals surface area contributed by atoms with Gasteiger partial charge in [-0.3, -0.25) is 0 Å². The van der Waals surface area contributed by atoms with E-state index in [4.69, 9.17) is 14.4 Å². The number of benzene rings is 6. The van der Waals surface area contributed by atoms with Crippen LogP contribution in [0, 0.1) is 0 Å². The number of hydrogen-bond donors (Lipinski definition) is 0. The third-order valence-electron chi connectivity index (χ3n) is 9.78. The minimum atomic E-state index is 0.308. The Morgan fingerprint density at radius 3 is 2.23 bits per heavy atom. The van der Waals surface area contributed by atoms with E-state index >= 15 is 0 Å². The third kappa shape index (κ3) is 4.16. The summed E-state index contributed by atoms with van der Waals surface area (Å²) in [6.45, 7) is 0. The first-order valence-electron chi connectivity index (χ1n) is 16.4. The summed E-state index contributed by atoms with van der Waals surface area (Å²) < 4.78 is 9.30. The van der Waals surface area contributed by atoms with Crippen LogP contribution in [0.2, 0.25) is 0 Å². The molecule has 48 heavy (non-hydrogen) atoms. The second kappa shape index (κ2) is 10.6. The number of allylic oxidation sites excluding steroid dienone is 1. The first-order valence-corrected chi connectivity index (χ1v) is 16.4. The SMILES string of the molecule is C1=CC(c2ccccc2)Cc2c1c1ccccc1n2-c1cccc2c1oc1cc(-c3nc(-c4ccccc4)nc4ccccc34)ccc12. The van der Waals surface area contributed by atoms with E-state index in [9.17, 15) is 0 Å². The Morgan fingerprint density at radius 2 is 1.35 bits per heavy atom. The molecular formula is C44H29N3O. The summed E-state index contributed by atoms with van der Waals surface area (Å²) in [4.78, 5) is 10.0. The van der Waals surface area contributed by atoms with Crippen molar-refractivity contribution in [2.45, 2.75) is 12.3 Å². The average Bonchev–Trinajstić information content (AvgIpc) is 3.70. The van der Waals surface area contributed by atoms with Gasteiger partial charge >= 0.3 is 0 Å². The van der Waals surface area contributed by atoms with E-state index in [2.05, 4.69) is 132 Å². The standard InChI is InChI=1S/C44H29N3O/c1-3-12-28(13-4-1)30-22-24-33-32-16-8-10-20-38(32)47(40(33)26-30)39-21-11-18-35-34-25-23-31(27-41(34)48-43(35)39)42-36-17-7-9-19-37(36)45-44(46-42)29-14-5-2-6-15-29/h1-25,27,30H,26H2. The number of para-hydroxylation sites is 3. The summed E-state index contributed by atoms with van der Waals surface area (Å²) in [5, 5.41) is 4.46. The predicted octanol–water partition coefficient (Wildman–Crippen LogP) is 11.2. The monoisotopic (exact) mass is 615 g/mol. The number of aromatic nitrogens is 3. The van der Waals surface area contributed by atoms with Crippen molar-refractivity contribution in [1.29, 1.82) is 0 Å². The van der Waals surface area contributed by atoms with Crippen molar-refractivity contribution >= 4 is 49.8 Å². The lowest BCUT2D eigenvalue weighted by Crippen LogP contribution is -2.10. The van der Waals surface area contributed by atoms with Gasteiger partial charge in [0.15, 0.2) is 11.4 Å². The van der Waals surface area contributed by atoms with Gasteiger partial charge in [-0.05, 0) is 42.3 Å². The van der Waals surface area contributed by atoms with Crippen molar-refractivity contribution in [2.24, 2.45) is 0 Å². The van der Waals surface area contributed by atoms with Crippen molar-refractivity contribution in [3.63, 3.8) is 0 Å². The molecule has 10 rings (SSSR count). The molecular weight excluding hydrogens is 587 g/mol. The minimum Gasteiger partial charge on any atom is -0.454 e. The van der Waals surface area contributed by atoms with Crippen LogP contribution in [0.4, 0.5) is 0 Å². The van der Waals surface area contributed by atoms with Crippen LogP contribution in [0.5, 0.6) is 0 Å². The number of nitrogens with zero attached hydrogens (tertiary/aromatic N) is 3. The third-order valence-corrected chi connectivity index (χ3v) is 9.78. The number of rotatable bonds is 4. The fourth-order valence-corrected chi connectivity index (χ4v) is 7.52. The Balaban J connectivity index is 1.16. The molecule has 0 N–H and O–H groups in total. The predicted molar refractivity (Wildman–Crippen MR) is 196 cm³/mol. The molecule has 1 aliphatic rings. The Kier molecular flexibility index (Phi) is 5.97. The van der Waals surface area contributed by atoms with E-state index in [-0.39, 0.29) is 0 Å². The summed E-state index contributed by atoms with van der Waals surface area (Å²) in [7, 11) is 0. The highest BCUT2D eigenvalue weighted by Crippen LogP contribution is 2.42.